The standard InChI is InChI=1S/C12H11F3O5/c1-7(11(18)19-6-12(13,14)15)20-9-4-2-8(3-5-9)10(16)17/h2-5,7H,6H2,1H3,(H,16,17). The maximum Gasteiger partial charge on any atom is 0.422 e. The van der Waals surface area contributed by atoms with Crippen LogP contribution in [0.25, 0.3) is 0 Å². The van der Waals surface area contributed by atoms with Crippen molar-refractivity contribution in [1.82, 2.24) is 0 Å². The van der Waals surface area contributed by atoms with Gasteiger partial charge in [-0.15, -0.1) is 0 Å². The summed E-state index contributed by atoms with van der Waals surface area (Å²) in [6.07, 6.45) is -5.84. The number of hydrogen-bond acceptors (Lipinski definition) is 4. The topological polar surface area (TPSA) is 72.8 Å². The normalized spacial score (nSPS) is 12.6. The Kier molecular flexibility index (Phi) is 4.95. The van der Waals surface area contributed by atoms with Gasteiger partial charge < -0.3 is 14.6 Å². The molecule has 0 saturated carbocycles. The van der Waals surface area contributed by atoms with E-state index in [2.05, 4.69) is 4.74 Å². The molecule has 0 aliphatic carbocycles. The summed E-state index contributed by atoms with van der Waals surface area (Å²) in [7, 11) is 0. The predicted molar refractivity (Wildman–Crippen MR) is 60.5 cm³/mol. The summed E-state index contributed by atoms with van der Waals surface area (Å²) in [6.45, 7) is -0.457. The molecule has 20 heavy (non-hydrogen) atoms. The molecule has 1 rings (SSSR count). The first-order valence-corrected chi connectivity index (χ1v) is 5.42. The van der Waals surface area contributed by atoms with Gasteiger partial charge in [-0.2, -0.15) is 13.2 Å². The minimum absolute atomic E-state index is 0.0182. The first kappa shape index (κ1) is 15.8. The van der Waals surface area contributed by atoms with E-state index in [1.165, 1.54) is 31.2 Å². The molecule has 0 radical (unpaired) electrons. The van der Waals surface area contributed by atoms with E-state index in [1.807, 2.05) is 0 Å². The third-order valence-corrected chi connectivity index (χ3v) is 2.12. The summed E-state index contributed by atoms with van der Waals surface area (Å²) in [5, 5.41) is 8.67. The van der Waals surface area contributed by atoms with Crippen molar-refractivity contribution in [2.45, 2.75) is 19.2 Å². The summed E-state index contributed by atoms with van der Waals surface area (Å²) < 4.78 is 44.6. The van der Waals surface area contributed by atoms with Crippen molar-refractivity contribution in [3.05, 3.63) is 29.8 Å². The maximum absolute atomic E-state index is 11.9. The molecule has 0 bridgehead atoms. The second kappa shape index (κ2) is 6.27. The molecule has 0 fully saturated rings. The fourth-order valence-electron chi connectivity index (χ4n) is 1.20. The molecule has 0 aliphatic heterocycles. The van der Waals surface area contributed by atoms with Crippen LogP contribution in [0, 0.1) is 0 Å². The van der Waals surface area contributed by atoms with Gasteiger partial charge in [-0.05, 0) is 31.2 Å². The number of carbonyl (C=O) groups excluding carboxylic acids is 1. The quantitative estimate of drug-likeness (QED) is 0.843. The number of esters is 1. The molecule has 1 unspecified atom stereocenters. The third-order valence-electron chi connectivity index (χ3n) is 2.12. The molecule has 0 heterocycles. The Hall–Kier alpha value is -2.25. The lowest BCUT2D eigenvalue weighted by molar-refractivity contribution is -0.190. The maximum atomic E-state index is 11.9. The van der Waals surface area contributed by atoms with Crippen LogP contribution in [0.15, 0.2) is 24.3 Å². The summed E-state index contributed by atoms with van der Waals surface area (Å²) >= 11 is 0. The molecule has 1 N–H and O–H groups in total. The molecule has 0 aliphatic rings. The molecule has 0 spiro atoms. The van der Waals surface area contributed by atoms with E-state index in [1.54, 1.807) is 0 Å². The third kappa shape index (κ3) is 5.17. The van der Waals surface area contributed by atoms with Crippen LogP contribution in [0.5, 0.6) is 5.75 Å². The molecular formula is C12H11F3O5. The molecule has 8 heteroatoms. The van der Waals surface area contributed by atoms with Crippen molar-refractivity contribution in [2.24, 2.45) is 0 Å². The van der Waals surface area contributed by atoms with Gasteiger partial charge in [0, 0.05) is 0 Å². The summed E-state index contributed by atoms with van der Waals surface area (Å²) in [5.74, 6) is -2.15. The van der Waals surface area contributed by atoms with Gasteiger partial charge in [0.25, 0.3) is 0 Å². The minimum Gasteiger partial charge on any atom is -0.479 e. The lowest BCUT2D eigenvalue weighted by Gasteiger charge is -2.14. The van der Waals surface area contributed by atoms with Crippen LogP contribution >= 0.6 is 0 Å². The van der Waals surface area contributed by atoms with Crippen LogP contribution in [0.4, 0.5) is 13.2 Å². The smallest absolute Gasteiger partial charge is 0.422 e. The fourth-order valence-corrected chi connectivity index (χ4v) is 1.20. The second-order valence-corrected chi connectivity index (χ2v) is 3.81. The molecule has 0 saturated heterocycles. The van der Waals surface area contributed by atoms with E-state index < -0.39 is 30.8 Å². The van der Waals surface area contributed by atoms with Gasteiger partial charge in [0.2, 0.25) is 0 Å². The SMILES string of the molecule is CC(Oc1ccc(C(=O)O)cc1)C(=O)OCC(F)(F)F. The van der Waals surface area contributed by atoms with Gasteiger partial charge in [0.15, 0.2) is 12.7 Å². The van der Waals surface area contributed by atoms with Gasteiger partial charge >= 0.3 is 18.1 Å². The number of alkyl halides is 3. The number of hydrogen-bond donors (Lipinski definition) is 1. The van der Waals surface area contributed by atoms with E-state index in [0.29, 0.717) is 0 Å². The molecule has 0 amide bonds. The Labute approximate surface area is 111 Å². The van der Waals surface area contributed by atoms with Gasteiger partial charge in [0.05, 0.1) is 5.56 Å². The lowest BCUT2D eigenvalue weighted by Crippen LogP contribution is -2.30. The van der Waals surface area contributed by atoms with Gasteiger partial charge in [-0.3, -0.25) is 0 Å². The van der Waals surface area contributed by atoms with Crippen molar-refractivity contribution in [1.29, 1.82) is 0 Å². The highest BCUT2D eigenvalue weighted by Crippen LogP contribution is 2.17. The van der Waals surface area contributed by atoms with Crippen LogP contribution in [-0.4, -0.2) is 35.9 Å². The zero-order valence-electron chi connectivity index (χ0n) is 10.3. The molecular weight excluding hydrogens is 281 g/mol. The van der Waals surface area contributed by atoms with Crippen molar-refractivity contribution in [3.63, 3.8) is 0 Å². The number of ether oxygens (including phenoxy) is 2. The first-order valence-electron chi connectivity index (χ1n) is 5.42. The summed E-state index contributed by atoms with van der Waals surface area (Å²) in [5.41, 5.74) is 0.0182. The number of rotatable bonds is 5. The van der Waals surface area contributed by atoms with Gasteiger partial charge in [-0.25, -0.2) is 9.59 Å². The Balaban J connectivity index is 2.55. The number of halogens is 3. The van der Waals surface area contributed by atoms with E-state index >= 15 is 0 Å². The number of carbonyl (C=O) groups is 2. The van der Waals surface area contributed by atoms with E-state index in [4.69, 9.17) is 9.84 Å². The zero-order valence-corrected chi connectivity index (χ0v) is 10.3. The Morgan fingerprint density at radius 2 is 1.80 bits per heavy atom. The minimum atomic E-state index is -4.60. The first-order chi connectivity index (χ1) is 9.19. The van der Waals surface area contributed by atoms with E-state index in [-0.39, 0.29) is 11.3 Å². The average molecular weight is 292 g/mol. The van der Waals surface area contributed by atoms with Crippen molar-refractivity contribution >= 4 is 11.9 Å². The molecule has 5 nitrogen and oxygen atoms in total. The van der Waals surface area contributed by atoms with Crippen LogP contribution in [0.2, 0.25) is 0 Å². The predicted octanol–water partition coefficient (Wildman–Crippen LogP) is 2.26. The monoisotopic (exact) mass is 292 g/mol. The molecule has 110 valence electrons. The molecule has 0 aromatic heterocycles. The van der Waals surface area contributed by atoms with Crippen molar-refractivity contribution in [3.8, 4) is 5.75 Å². The Morgan fingerprint density at radius 3 is 2.25 bits per heavy atom. The summed E-state index contributed by atoms with van der Waals surface area (Å²) in [6, 6.07) is 5.06. The zero-order chi connectivity index (χ0) is 15.3. The highest BCUT2D eigenvalue weighted by molar-refractivity contribution is 5.87. The second-order valence-electron chi connectivity index (χ2n) is 3.81. The fraction of sp³-hybridized carbons (Fsp3) is 0.333. The van der Waals surface area contributed by atoms with Crippen LogP contribution in [0.3, 0.4) is 0 Å². The molecule has 1 aromatic rings. The van der Waals surface area contributed by atoms with E-state index in [9.17, 15) is 22.8 Å². The Bertz CT molecular complexity index is 481. The molecule has 1 aromatic carbocycles. The van der Waals surface area contributed by atoms with E-state index in [0.717, 1.165) is 0 Å². The number of carboxylic acids is 1. The van der Waals surface area contributed by atoms with Crippen LogP contribution < -0.4 is 4.74 Å². The Morgan fingerprint density at radius 1 is 1.25 bits per heavy atom. The highest BCUT2D eigenvalue weighted by Gasteiger charge is 2.31. The average Bonchev–Trinajstić information content (AvgIpc) is 2.35. The lowest BCUT2D eigenvalue weighted by atomic mass is 10.2. The van der Waals surface area contributed by atoms with Crippen molar-refractivity contribution < 1.29 is 37.3 Å². The number of aromatic carboxylic acids is 1. The van der Waals surface area contributed by atoms with Crippen LogP contribution in [-0.2, 0) is 9.53 Å². The van der Waals surface area contributed by atoms with Crippen molar-refractivity contribution in [2.75, 3.05) is 6.61 Å². The van der Waals surface area contributed by atoms with Crippen LogP contribution in [0.1, 0.15) is 17.3 Å². The van der Waals surface area contributed by atoms with Gasteiger partial charge in [-0.1, -0.05) is 0 Å². The molecule has 1 atom stereocenters. The highest BCUT2D eigenvalue weighted by atomic mass is 19.4. The van der Waals surface area contributed by atoms with Gasteiger partial charge in [0.1, 0.15) is 5.75 Å². The number of benzene rings is 1. The number of carboxylic acid groups (broad SMARTS) is 1. The largest absolute Gasteiger partial charge is 0.479 e. The summed E-state index contributed by atoms with van der Waals surface area (Å²) in [4.78, 5) is 21.8.